The van der Waals surface area contributed by atoms with Gasteiger partial charge in [-0.2, -0.15) is 10.1 Å². The number of carbonyl (C=O) groups is 1. The van der Waals surface area contributed by atoms with E-state index in [9.17, 15) is 4.79 Å². The Kier molecular flexibility index (Phi) is 3.61. The molecular weight excluding hydrogens is 231 g/mol. The van der Waals surface area contributed by atoms with Gasteiger partial charge in [0, 0.05) is 0 Å². The molecule has 6 nitrogen and oxygen atoms in total. The monoisotopic (exact) mass is 234 g/mol. The number of carboxylic acids is 1. The van der Waals surface area contributed by atoms with E-state index in [1.807, 2.05) is 0 Å². The summed E-state index contributed by atoms with van der Waals surface area (Å²) in [6, 6.07) is 0. The molecule has 1 rings (SSSR count). The molecule has 1 heterocycles. The highest BCUT2D eigenvalue weighted by molar-refractivity contribution is 6.51. The first-order valence-electron chi connectivity index (χ1n) is 3.29. The molecule has 0 aliphatic rings. The molecule has 0 saturated carbocycles. The van der Waals surface area contributed by atoms with Crippen LogP contribution in [0, 0.1) is 0 Å². The topological polar surface area (TPSA) is 91.2 Å². The number of nitrogens with zero attached hydrogens (tertiary/aromatic N) is 3. The number of aromatic nitrogens is 3. The zero-order valence-corrected chi connectivity index (χ0v) is 8.12. The predicted octanol–water partition coefficient (Wildman–Crippen LogP) is 1.28. The largest absolute Gasteiger partial charge is 0.477 e. The van der Waals surface area contributed by atoms with Crippen LogP contribution >= 0.6 is 23.2 Å². The maximum atomic E-state index is 10.3. The number of aliphatic imine (C=N–C) groups is 1. The van der Waals surface area contributed by atoms with E-state index in [2.05, 4.69) is 20.2 Å². The van der Waals surface area contributed by atoms with E-state index < -0.39 is 11.0 Å². The van der Waals surface area contributed by atoms with Gasteiger partial charge >= 0.3 is 5.97 Å². The third-order valence-electron chi connectivity index (χ3n) is 1.10. The molecule has 74 valence electrons. The summed E-state index contributed by atoms with van der Waals surface area (Å²) in [5, 5.41) is 13.7. The lowest BCUT2D eigenvalue weighted by Crippen LogP contribution is -1.96. The fourth-order valence-electron chi connectivity index (χ4n) is 0.538. The van der Waals surface area contributed by atoms with Crippen molar-refractivity contribution in [1.82, 2.24) is 15.2 Å². The van der Waals surface area contributed by atoms with Crippen LogP contribution in [0.1, 0.15) is 0 Å². The Morgan fingerprint density at radius 3 is 2.86 bits per heavy atom. The summed E-state index contributed by atoms with van der Waals surface area (Å²) in [6.45, 7) is 0. The number of hydrogen-bond acceptors (Lipinski definition) is 4. The molecule has 0 spiro atoms. The molecule has 0 aromatic carbocycles. The second-order valence-corrected chi connectivity index (χ2v) is 2.82. The van der Waals surface area contributed by atoms with E-state index in [1.165, 1.54) is 6.33 Å². The van der Waals surface area contributed by atoms with Gasteiger partial charge in [0.15, 0.2) is 0 Å². The molecule has 0 aliphatic heterocycles. The summed E-state index contributed by atoms with van der Waals surface area (Å²) in [5.41, 5.74) is 0. The average Bonchev–Trinajstić information content (AvgIpc) is 2.65. The van der Waals surface area contributed by atoms with Gasteiger partial charge in [-0.3, -0.25) is 0 Å². The molecule has 1 aromatic rings. The Hall–Kier alpha value is -1.40. The minimum Gasteiger partial charge on any atom is -0.477 e. The van der Waals surface area contributed by atoms with Gasteiger partial charge in [0.05, 0.1) is 11.2 Å². The lowest BCUT2D eigenvalue weighted by molar-refractivity contribution is -0.131. The lowest BCUT2D eigenvalue weighted by atomic mass is 10.5. The SMILES string of the molecule is O=C(O)/C(Cl)=C(Cl)\C=N\c1ncn[nH]1. The normalized spacial score (nSPS) is 13.0. The van der Waals surface area contributed by atoms with Crippen molar-refractivity contribution in [1.29, 1.82) is 0 Å². The molecular formula is C6H4Cl2N4O2. The summed E-state index contributed by atoms with van der Waals surface area (Å²) < 4.78 is 0. The van der Waals surface area contributed by atoms with Crippen LogP contribution in [0.2, 0.25) is 0 Å². The minimum atomic E-state index is -1.32. The minimum absolute atomic E-state index is 0.185. The summed E-state index contributed by atoms with van der Waals surface area (Å²) >= 11 is 10.8. The van der Waals surface area contributed by atoms with Gasteiger partial charge in [-0.15, -0.1) is 0 Å². The van der Waals surface area contributed by atoms with Crippen molar-refractivity contribution in [2.75, 3.05) is 0 Å². The number of halogens is 2. The van der Waals surface area contributed by atoms with Gasteiger partial charge in [-0.1, -0.05) is 23.2 Å². The zero-order valence-electron chi connectivity index (χ0n) is 6.61. The number of aliphatic carboxylic acids is 1. The van der Waals surface area contributed by atoms with E-state index in [1.54, 1.807) is 0 Å². The number of aromatic amines is 1. The van der Waals surface area contributed by atoms with E-state index in [0.717, 1.165) is 6.21 Å². The Morgan fingerprint density at radius 1 is 1.64 bits per heavy atom. The second-order valence-electron chi connectivity index (χ2n) is 2.03. The smallest absolute Gasteiger partial charge is 0.348 e. The molecule has 2 N–H and O–H groups in total. The number of rotatable bonds is 3. The van der Waals surface area contributed by atoms with Crippen LogP contribution in [0.4, 0.5) is 5.95 Å². The van der Waals surface area contributed by atoms with Gasteiger partial charge in [-0.25, -0.2) is 14.9 Å². The van der Waals surface area contributed by atoms with Gasteiger partial charge in [-0.05, 0) is 0 Å². The summed E-state index contributed by atoms with van der Waals surface area (Å²) in [6.07, 6.45) is 2.32. The van der Waals surface area contributed by atoms with E-state index in [-0.39, 0.29) is 11.0 Å². The second kappa shape index (κ2) is 4.73. The predicted molar refractivity (Wildman–Crippen MR) is 50.9 cm³/mol. The first-order valence-corrected chi connectivity index (χ1v) is 4.05. The standard InChI is InChI=1S/C6H4Cl2N4O2/c7-3(4(8)5(13)14)1-9-6-10-2-11-12-6/h1-2H,(H,13,14)(H,10,11,12)/b4-3-,9-1+. The molecule has 0 atom stereocenters. The molecule has 14 heavy (non-hydrogen) atoms. The zero-order chi connectivity index (χ0) is 10.6. The third kappa shape index (κ3) is 2.82. The van der Waals surface area contributed by atoms with Crippen molar-refractivity contribution in [3.05, 3.63) is 16.4 Å². The molecule has 0 fully saturated rings. The van der Waals surface area contributed by atoms with Gasteiger partial charge in [0.1, 0.15) is 11.4 Å². The Bertz CT molecular complexity index is 385. The number of H-pyrrole nitrogens is 1. The molecule has 0 aliphatic carbocycles. The summed E-state index contributed by atoms with van der Waals surface area (Å²) in [7, 11) is 0. The fourth-order valence-corrected chi connectivity index (χ4v) is 0.716. The van der Waals surface area contributed by atoms with Crippen molar-refractivity contribution in [2.45, 2.75) is 0 Å². The van der Waals surface area contributed by atoms with Crippen molar-refractivity contribution < 1.29 is 9.90 Å². The first kappa shape index (κ1) is 10.7. The van der Waals surface area contributed by atoms with Crippen molar-refractivity contribution in [3.8, 4) is 0 Å². The van der Waals surface area contributed by atoms with Crippen LogP contribution in [-0.2, 0) is 4.79 Å². The first-order chi connectivity index (χ1) is 6.61. The number of allylic oxidation sites excluding steroid dienone is 1. The van der Waals surface area contributed by atoms with Crippen LogP contribution in [0.15, 0.2) is 21.4 Å². The maximum Gasteiger partial charge on any atom is 0.348 e. The van der Waals surface area contributed by atoms with E-state index >= 15 is 0 Å². The quantitative estimate of drug-likeness (QED) is 0.609. The van der Waals surface area contributed by atoms with Crippen LogP contribution < -0.4 is 0 Å². The molecule has 0 amide bonds. The van der Waals surface area contributed by atoms with Gasteiger partial charge < -0.3 is 5.11 Å². The molecule has 0 radical (unpaired) electrons. The van der Waals surface area contributed by atoms with Crippen molar-refractivity contribution >= 4 is 41.3 Å². The maximum absolute atomic E-state index is 10.3. The Balaban J connectivity index is 2.79. The number of carboxylic acid groups (broad SMARTS) is 1. The van der Waals surface area contributed by atoms with Crippen molar-refractivity contribution in [3.63, 3.8) is 0 Å². The third-order valence-corrected chi connectivity index (χ3v) is 1.85. The van der Waals surface area contributed by atoms with Crippen LogP contribution in [0.3, 0.4) is 0 Å². The number of hydrogen-bond donors (Lipinski definition) is 2. The fraction of sp³-hybridized carbons (Fsp3) is 0. The number of nitrogens with one attached hydrogen (secondary N) is 1. The van der Waals surface area contributed by atoms with Crippen LogP contribution in [0.5, 0.6) is 0 Å². The summed E-state index contributed by atoms with van der Waals surface area (Å²) in [5.74, 6) is -1.11. The highest BCUT2D eigenvalue weighted by Crippen LogP contribution is 2.12. The summed E-state index contributed by atoms with van der Waals surface area (Å²) in [4.78, 5) is 17.7. The Labute approximate surface area is 88.3 Å². The molecule has 0 bridgehead atoms. The Morgan fingerprint density at radius 2 is 2.36 bits per heavy atom. The molecule has 0 saturated heterocycles. The van der Waals surface area contributed by atoms with Crippen LogP contribution in [-0.4, -0.2) is 32.5 Å². The van der Waals surface area contributed by atoms with E-state index in [0.29, 0.717) is 0 Å². The van der Waals surface area contributed by atoms with Gasteiger partial charge in [0.25, 0.3) is 0 Å². The molecule has 1 aromatic heterocycles. The highest BCUT2D eigenvalue weighted by Gasteiger charge is 2.07. The van der Waals surface area contributed by atoms with Crippen LogP contribution in [0.25, 0.3) is 0 Å². The lowest BCUT2D eigenvalue weighted by Gasteiger charge is -1.90. The average molecular weight is 235 g/mol. The molecule has 8 heteroatoms. The van der Waals surface area contributed by atoms with Crippen molar-refractivity contribution in [2.24, 2.45) is 4.99 Å². The van der Waals surface area contributed by atoms with Gasteiger partial charge in [0.2, 0.25) is 5.95 Å². The van der Waals surface area contributed by atoms with E-state index in [4.69, 9.17) is 28.3 Å². The molecule has 0 unspecified atom stereocenters. The highest BCUT2D eigenvalue weighted by atomic mass is 35.5.